The van der Waals surface area contributed by atoms with E-state index in [0.29, 0.717) is 11.7 Å². The quantitative estimate of drug-likeness (QED) is 0.796. The molecule has 25 heavy (non-hydrogen) atoms. The molecule has 0 unspecified atom stereocenters. The first-order chi connectivity index (χ1) is 12.2. The molecule has 0 N–H and O–H groups in total. The summed E-state index contributed by atoms with van der Waals surface area (Å²) in [5.41, 5.74) is 0.830. The van der Waals surface area contributed by atoms with Crippen LogP contribution in [-0.2, 0) is 11.2 Å². The summed E-state index contributed by atoms with van der Waals surface area (Å²) < 4.78 is 10.4. The Morgan fingerprint density at radius 1 is 1.20 bits per heavy atom. The minimum atomic E-state index is 0.0427. The molecular formula is C18H24N4O3. The molecule has 2 aromatic rings. The lowest BCUT2D eigenvalue weighted by Gasteiger charge is -2.34. The van der Waals surface area contributed by atoms with Crippen molar-refractivity contribution in [1.29, 1.82) is 0 Å². The van der Waals surface area contributed by atoms with E-state index < -0.39 is 0 Å². The Balaban J connectivity index is 1.56. The second-order valence-corrected chi connectivity index (χ2v) is 6.14. The lowest BCUT2D eigenvalue weighted by molar-refractivity contribution is -0.132. The van der Waals surface area contributed by atoms with E-state index in [-0.39, 0.29) is 12.3 Å². The van der Waals surface area contributed by atoms with Crippen molar-refractivity contribution in [2.75, 3.05) is 39.8 Å². The van der Waals surface area contributed by atoms with Crippen LogP contribution in [0.3, 0.4) is 0 Å². The fourth-order valence-corrected chi connectivity index (χ4v) is 2.96. The van der Waals surface area contributed by atoms with Gasteiger partial charge < -0.3 is 14.2 Å². The first kappa shape index (κ1) is 17.4. The SMILES string of the molecule is CCCN1CCN(C(=O)Cc2nc(-c3ccc(OC)cc3)no2)CC1. The second kappa shape index (κ2) is 8.11. The molecule has 1 aromatic carbocycles. The van der Waals surface area contributed by atoms with E-state index in [9.17, 15) is 4.79 Å². The average molecular weight is 344 g/mol. The Morgan fingerprint density at radius 3 is 2.56 bits per heavy atom. The van der Waals surface area contributed by atoms with Crippen LogP contribution < -0.4 is 4.74 Å². The van der Waals surface area contributed by atoms with E-state index >= 15 is 0 Å². The van der Waals surface area contributed by atoms with Crippen LogP contribution in [0.1, 0.15) is 19.2 Å². The normalized spacial score (nSPS) is 15.4. The lowest BCUT2D eigenvalue weighted by atomic mass is 10.2. The van der Waals surface area contributed by atoms with Gasteiger partial charge in [-0.1, -0.05) is 12.1 Å². The van der Waals surface area contributed by atoms with Crippen molar-refractivity contribution in [1.82, 2.24) is 19.9 Å². The third-order valence-corrected chi connectivity index (χ3v) is 4.38. The third-order valence-electron chi connectivity index (χ3n) is 4.38. The molecule has 1 aliphatic heterocycles. The standard InChI is InChI=1S/C18H24N4O3/c1-3-8-21-9-11-22(12-10-21)17(23)13-16-19-18(20-25-16)14-4-6-15(24-2)7-5-14/h4-7H,3,8-13H2,1-2H3. The number of carbonyl (C=O) groups is 1. The van der Waals surface area contributed by atoms with Gasteiger partial charge in [0.15, 0.2) is 0 Å². The van der Waals surface area contributed by atoms with Gasteiger partial charge in [-0.05, 0) is 37.2 Å². The fraction of sp³-hybridized carbons (Fsp3) is 0.500. The van der Waals surface area contributed by atoms with E-state index in [2.05, 4.69) is 22.0 Å². The van der Waals surface area contributed by atoms with Gasteiger partial charge in [-0.2, -0.15) is 4.98 Å². The number of hydrogen-bond donors (Lipinski definition) is 0. The first-order valence-corrected chi connectivity index (χ1v) is 8.66. The molecule has 2 heterocycles. The van der Waals surface area contributed by atoms with Gasteiger partial charge in [0.05, 0.1) is 7.11 Å². The molecule has 134 valence electrons. The molecule has 1 aliphatic rings. The molecule has 0 radical (unpaired) electrons. The molecule has 0 bridgehead atoms. The summed E-state index contributed by atoms with van der Waals surface area (Å²) in [6.45, 7) is 6.65. The van der Waals surface area contributed by atoms with Gasteiger partial charge in [0.1, 0.15) is 12.2 Å². The van der Waals surface area contributed by atoms with Crippen LogP contribution in [0.5, 0.6) is 5.75 Å². The van der Waals surface area contributed by atoms with Crippen molar-refractivity contribution in [3.05, 3.63) is 30.2 Å². The topological polar surface area (TPSA) is 71.7 Å². The van der Waals surface area contributed by atoms with Crippen LogP contribution >= 0.6 is 0 Å². The first-order valence-electron chi connectivity index (χ1n) is 8.66. The van der Waals surface area contributed by atoms with Gasteiger partial charge in [0, 0.05) is 31.7 Å². The maximum atomic E-state index is 12.4. The Kier molecular flexibility index (Phi) is 5.65. The Morgan fingerprint density at radius 2 is 1.92 bits per heavy atom. The number of hydrogen-bond acceptors (Lipinski definition) is 6. The van der Waals surface area contributed by atoms with Gasteiger partial charge in [-0.15, -0.1) is 0 Å². The van der Waals surface area contributed by atoms with E-state index in [1.807, 2.05) is 29.2 Å². The van der Waals surface area contributed by atoms with E-state index in [1.165, 1.54) is 0 Å². The van der Waals surface area contributed by atoms with Crippen molar-refractivity contribution >= 4 is 5.91 Å². The summed E-state index contributed by atoms with van der Waals surface area (Å²) in [7, 11) is 1.62. The molecule has 1 amide bonds. The number of rotatable bonds is 6. The summed E-state index contributed by atoms with van der Waals surface area (Å²) in [6.07, 6.45) is 1.29. The second-order valence-electron chi connectivity index (χ2n) is 6.14. The number of methoxy groups -OCH3 is 1. The Hall–Kier alpha value is -2.41. The summed E-state index contributed by atoms with van der Waals surface area (Å²) >= 11 is 0. The van der Waals surface area contributed by atoms with E-state index in [1.54, 1.807) is 7.11 Å². The van der Waals surface area contributed by atoms with Crippen LogP contribution in [0, 0.1) is 0 Å². The summed E-state index contributed by atoms with van der Waals surface area (Å²) in [6, 6.07) is 7.41. The predicted molar refractivity (Wildman–Crippen MR) is 93.3 cm³/mol. The van der Waals surface area contributed by atoms with E-state index in [4.69, 9.17) is 9.26 Å². The van der Waals surface area contributed by atoms with Gasteiger partial charge >= 0.3 is 0 Å². The highest BCUT2D eigenvalue weighted by atomic mass is 16.5. The molecule has 3 rings (SSSR count). The smallest absolute Gasteiger partial charge is 0.236 e. The van der Waals surface area contributed by atoms with Crippen LogP contribution in [0.2, 0.25) is 0 Å². The van der Waals surface area contributed by atoms with E-state index in [0.717, 1.165) is 50.5 Å². The maximum Gasteiger partial charge on any atom is 0.236 e. The zero-order valence-electron chi connectivity index (χ0n) is 14.8. The molecule has 7 nitrogen and oxygen atoms in total. The Labute approximate surface area is 147 Å². The molecule has 1 fully saturated rings. The summed E-state index contributed by atoms with van der Waals surface area (Å²) in [5, 5.41) is 3.97. The molecule has 0 atom stereocenters. The van der Waals surface area contributed by atoms with Crippen LogP contribution in [-0.4, -0.2) is 65.7 Å². The van der Waals surface area contributed by atoms with Crippen molar-refractivity contribution in [2.45, 2.75) is 19.8 Å². The van der Waals surface area contributed by atoms with Crippen molar-refractivity contribution in [2.24, 2.45) is 0 Å². The number of piperazine rings is 1. The maximum absolute atomic E-state index is 12.4. The number of ether oxygens (including phenoxy) is 1. The van der Waals surface area contributed by atoms with Crippen LogP contribution in [0.4, 0.5) is 0 Å². The number of nitrogens with zero attached hydrogens (tertiary/aromatic N) is 4. The third kappa shape index (κ3) is 4.36. The number of aromatic nitrogens is 2. The van der Waals surface area contributed by atoms with Gasteiger partial charge in [-0.25, -0.2) is 0 Å². The largest absolute Gasteiger partial charge is 0.497 e. The zero-order valence-corrected chi connectivity index (χ0v) is 14.8. The highest BCUT2D eigenvalue weighted by Gasteiger charge is 2.22. The molecule has 0 spiro atoms. The predicted octanol–water partition coefficient (Wildman–Crippen LogP) is 1.84. The van der Waals surface area contributed by atoms with Gasteiger partial charge in [-0.3, -0.25) is 9.69 Å². The molecule has 0 saturated carbocycles. The number of carbonyl (C=O) groups excluding carboxylic acids is 1. The van der Waals surface area contributed by atoms with Crippen molar-refractivity contribution in [3.63, 3.8) is 0 Å². The van der Waals surface area contributed by atoms with Crippen LogP contribution in [0.15, 0.2) is 28.8 Å². The monoisotopic (exact) mass is 344 g/mol. The average Bonchev–Trinajstić information content (AvgIpc) is 3.11. The van der Waals surface area contributed by atoms with Crippen molar-refractivity contribution in [3.8, 4) is 17.1 Å². The molecule has 1 aromatic heterocycles. The fourth-order valence-electron chi connectivity index (χ4n) is 2.96. The molecular weight excluding hydrogens is 320 g/mol. The highest BCUT2D eigenvalue weighted by molar-refractivity contribution is 5.78. The van der Waals surface area contributed by atoms with Crippen LogP contribution in [0.25, 0.3) is 11.4 Å². The lowest BCUT2D eigenvalue weighted by Crippen LogP contribution is -2.49. The summed E-state index contributed by atoms with van der Waals surface area (Å²) in [4.78, 5) is 21.0. The zero-order chi connectivity index (χ0) is 17.6. The van der Waals surface area contributed by atoms with Gasteiger partial charge in [0.25, 0.3) is 0 Å². The minimum Gasteiger partial charge on any atom is -0.497 e. The molecule has 7 heteroatoms. The Bertz CT molecular complexity index is 691. The number of benzene rings is 1. The molecule has 0 aliphatic carbocycles. The minimum absolute atomic E-state index is 0.0427. The summed E-state index contributed by atoms with van der Waals surface area (Å²) in [5.74, 6) is 1.65. The van der Waals surface area contributed by atoms with Gasteiger partial charge in [0.2, 0.25) is 17.6 Å². The van der Waals surface area contributed by atoms with Crippen molar-refractivity contribution < 1.29 is 14.1 Å². The number of amides is 1. The molecule has 1 saturated heterocycles. The highest BCUT2D eigenvalue weighted by Crippen LogP contribution is 2.20.